The first-order valence-corrected chi connectivity index (χ1v) is 11.0. The van der Waals surface area contributed by atoms with Gasteiger partial charge >= 0.3 is 0 Å². The van der Waals surface area contributed by atoms with Crippen molar-refractivity contribution in [3.05, 3.63) is 64.1 Å². The lowest BCUT2D eigenvalue weighted by Crippen LogP contribution is -2.35. The van der Waals surface area contributed by atoms with Crippen LogP contribution in [0.4, 0.5) is 5.13 Å². The van der Waals surface area contributed by atoms with E-state index in [0.29, 0.717) is 23.0 Å². The van der Waals surface area contributed by atoms with Crippen molar-refractivity contribution in [1.82, 2.24) is 9.29 Å². The number of nitrogens with one attached hydrogen (secondary N) is 1. The molecule has 28 heavy (non-hydrogen) atoms. The second kappa shape index (κ2) is 7.16. The molecule has 3 heterocycles. The maximum atomic E-state index is 13.0. The van der Waals surface area contributed by atoms with Gasteiger partial charge in [0.2, 0.25) is 10.0 Å². The third-order valence-electron chi connectivity index (χ3n) is 4.78. The van der Waals surface area contributed by atoms with Crippen LogP contribution >= 0.6 is 11.3 Å². The Bertz CT molecular complexity index is 1130. The molecule has 9 heteroatoms. The number of aromatic nitrogens is 1. The molecule has 1 N–H and O–H groups in total. The maximum absolute atomic E-state index is 13.0. The van der Waals surface area contributed by atoms with Crippen LogP contribution in [0.1, 0.15) is 32.3 Å². The Hall–Kier alpha value is -2.49. The molecular weight excluding hydrogens is 398 g/mol. The number of thiazole rings is 1. The fraction of sp³-hybridized carbons (Fsp3) is 0.263. The van der Waals surface area contributed by atoms with Crippen molar-refractivity contribution >= 4 is 32.4 Å². The summed E-state index contributed by atoms with van der Waals surface area (Å²) in [5.74, 6) is -0.178. The zero-order valence-electron chi connectivity index (χ0n) is 15.4. The van der Waals surface area contributed by atoms with Crippen LogP contribution in [0.15, 0.2) is 45.9 Å². The summed E-state index contributed by atoms with van der Waals surface area (Å²) in [5.41, 5.74) is 2.82. The lowest BCUT2D eigenvalue weighted by molar-refractivity contribution is 0.0996. The van der Waals surface area contributed by atoms with Gasteiger partial charge in [-0.1, -0.05) is 6.07 Å². The van der Waals surface area contributed by atoms with Gasteiger partial charge in [-0.25, -0.2) is 13.4 Å². The highest BCUT2D eigenvalue weighted by Crippen LogP contribution is 2.31. The lowest BCUT2D eigenvalue weighted by atomic mass is 10.1. The molecule has 0 spiro atoms. The number of anilines is 1. The number of hydrogen-bond donors (Lipinski definition) is 1. The van der Waals surface area contributed by atoms with Gasteiger partial charge in [0.15, 0.2) is 10.9 Å². The number of benzene rings is 1. The maximum Gasteiger partial charge on any atom is 0.293 e. The molecule has 1 amide bonds. The number of fused-ring (bicyclic) bond motifs is 1. The molecule has 146 valence electrons. The Balaban J connectivity index is 1.54. The van der Waals surface area contributed by atoms with E-state index in [0.717, 1.165) is 21.7 Å². The van der Waals surface area contributed by atoms with E-state index in [4.69, 9.17) is 4.42 Å². The quantitative estimate of drug-likeness (QED) is 0.703. The van der Waals surface area contributed by atoms with E-state index >= 15 is 0 Å². The highest BCUT2D eigenvalue weighted by Gasteiger charge is 2.31. The Morgan fingerprint density at radius 3 is 2.79 bits per heavy atom. The Morgan fingerprint density at radius 1 is 1.25 bits per heavy atom. The van der Waals surface area contributed by atoms with Crippen LogP contribution in [0.3, 0.4) is 0 Å². The van der Waals surface area contributed by atoms with E-state index in [2.05, 4.69) is 10.3 Å². The average molecular weight is 418 g/mol. The van der Waals surface area contributed by atoms with E-state index in [1.807, 2.05) is 19.9 Å². The fourth-order valence-electron chi connectivity index (χ4n) is 3.02. The molecule has 0 unspecified atom stereocenters. The largest absolute Gasteiger partial charge is 0.459 e. The van der Waals surface area contributed by atoms with E-state index in [1.165, 1.54) is 21.9 Å². The van der Waals surface area contributed by atoms with Crippen molar-refractivity contribution in [2.24, 2.45) is 0 Å². The molecule has 1 aromatic carbocycles. The molecule has 0 bridgehead atoms. The molecule has 2 aromatic heterocycles. The number of aryl methyl sites for hydroxylation is 2. The Kier molecular flexibility index (Phi) is 4.82. The zero-order chi connectivity index (χ0) is 19.9. The number of hydrogen-bond acceptors (Lipinski definition) is 6. The lowest BCUT2D eigenvalue weighted by Gasteiger charge is -2.25. The van der Waals surface area contributed by atoms with Gasteiger partial charge in [-0.15, -0.1) is 11.3 Å². The first kappa shape index (κ1) is 18.9. The van der Waals surface area contributed by atoms with Crippen molar-refractivity contribution in [2.45, 2.75) is 31.7 Å². The average Bonchev–Trinajstić information content (AvgIpc) is 3.32. The second-order valence-electron chi connectivity index (χ2n) is 6.65. The van der Waals surface area contributed by atoms with E-state index in [9.17, 15) is 13.2 Å². The number of amides is 1. The van der Waals surface area contributed by atoms with Crippen LogP contribution in [0.25, 0.3) is 0 Å². The number of sulfonamides is 1. The van der Waals surface area contributed by atoms with Gasteiger partial charge in [0.1, 0.15) is 0 Å². The molecule has 0 radical (unpaired) electrons. The standard InChI is InChI=1S/C19H19N3O4S2/c1-12-5-6-14(10-13(12)2)28(24,25)22-8-7-15-17(11-22)27-19(20-15)21-18(23)16-4-3-9-26-16/h3-6,9-10H,7-8,11H2,1-2H3,(H,20,21,23). The zero-order valence-corrected chi connectivity index (χ0v) is 17.1. The summed E-state index contributed by atoms with van der Waals surface area (Å²) in [4.78, 5) is 17.7. The molecule has 0 saturated heterocycles. The summed E-state index contributed by atoms with van der Waals surface area (Å²) in [6.45, 7) is 4.46. The summed E-state index contributed by atoms with van der Waals surface area (Å²) < 4.78 is 32.6. The van der Waals surface area contributed by atoms with E-state index in [1.54, 1.807) is 24.3 Å². The molecule has 0 atom stereocenters. The van der Waals surface area contributed by atoms with Crippen molar-refractivity contribution in [3.8, 4) is 0 Å². The summed E-state index contributed by atoms with van der Waals surface area (Å²) in [7, 11) is -3.58. The van der Waals surface area contributed by atoms with E-state index in [-0.39, 0.29) is 18.2 Å². The summed E-state index contributed by atoms with van der Waals surface area (Å²) in [5, 5.41) is 3.15. The van der Waals surface area contributed by atoms with Gasteiger partial charge in [-0.2, -0.15) is 4.31 Å². The topological polar surface area (TPSA) is 92.5 Å². The van der Waals surface area contributed by atoms with Crippen LogP contribution in [-0.4, -0.2) is 30.2 Å². The third kappa shape index (κ3) is 3.48. The van der Waals surface area contributed by atoms with Gasteiger partial charge in [0, 0.05) is 17.8 Å². The number of carbonyl (C=O) groups is 1. The SMILES string of the molecule is Cc1ccc(S(=O)(=O)N2CCc3nc(NC(=O)c4ccco4)sc3C2)cc1C. The molecule has 4 rings (SSSR count). The summed E-state index contributed by atoms with van der Waals surface area (Å²) >= 11 is 1.29. The van der Waals surface area contributed by atoms with Gasteiger partial charge in [-0.05, 0) is 49.2 Å². The Labute approximate surface area is 167 Å². The molecule has 0 fully saturated rings. The van der Waals surface area contributed by atoms with Crippen molar-refractivity contribution in [3.63, 3.8) is 0 Å². The summed E-state index contributed by atoms with van der Waals surface area (Å²) in [6, 6.07) is 8.39. The normalized spacial score (nSPS) is 14.6. The number of furan rings is 1. The van der Waals surface area contributed by atoms with Crippen molar-refractivity contribution in [1.29, 1.82) is 0 Å². The highest BCUT2D eigenvalue weighted by atomic mass is 32.2. The van der Waals surface area contributed by atoms with Crippen LogP contribution in [0.5, 0.6) is 0 Å². The Morgan fingerprint density at radius 2 is 2.07 bits per heavy atom. The van der Waals surface area contributed by atoms with E-state index < -0.39 is 10.0 Å². The first-order chi connectivity index (χ1) is 13.3. The minimum absolute atomic E-state index is 0.201. The molecule has 0 saturated carbocycles. The van der Waals surface area contributed by atoms with Gasteiger partial charge in [0.05, 0.1) is 23.4 Å². The summed E-state index contributed by atoms with van der Waals surface area (Å²) in [6.07, 6.45) is 1.93. The molecule has 7 nitrogen and oxygen atoms in total. The molecule has 1 aliphatic rings. The minimum atomic E-state index is -3.58. The van der Waals surface area contributed by atoms with Crippen LogP contribution < -0.4 is 5.32 Å². The van der Waals surface area contributed by atoms with Gasteiger partial charge < -0.3 is 4.42 Å². The van der Waals surface area contributed by atoms with Gasteiger partial charge in [-0.3, -0.25) is 10.1 Å². The highest BCUT2D eigenvalue weighted by molar-refractivity contribution is 7.89. The van der Waals surface area contributed by atoms with Crippen LogP contribution in [-0.2, 0) is 23.0 Å². The van der Waals surface area contributed by atoms with Gasteiger partial charge in [0.25, 0.3) is 5.91 Å². The predicted octanol–water partition coefficient (Wildman–Crippen LogP) is 3.35. The molecule has 1 aliphatic heterocycles. The third-order valence-corrected chi connectivity index (χ3v) is 7.62. The smallest absolute Gasteiger partial charge is 0.293 e. The number of carbonyl (C=O) groups excluding carboxylic acids is 1. The monoisotopic (exact) mass is 417 g/mol. The second-order valence-corrected chi connectivity index (χ2v) is 9.68. The minimum Gasteiger partial charge on any atom is -0.459 e. The first-order valence-electron chi connectivity index (χ1n) is 8.75. The molecular formula is C19H19N3O4S2. The molecule has 3 aromatic rings. The van der Waals surface area contributed by atoms with Crippen molar-refractivity contribution < 1.29 is 17.6 Å². The van der Waals surface area contributed by atoms with Crippen LogP contribution in [0.2, 0.25) is 0 Å². The number of nitrogens with zero attached hydrogens (tertiary/aromatic N) is 2. The molecule has 0 aliphatic carbocycles. The predicted molar refractivity (Wildman–Crippen MR) is 106 cm³/mol. The fourth-order valence-corrected chi connectivity index (χ4v) is 5.62. The van der Waals surface area contributed by atoms with Crippen LogP contribution in [0, 0.1) is 13.8 Å². The van der Waals surface area contributed by atoms with Crippen molar-refractivity contribution in [2.75, 3.05) is 11.9 Å². The number of rotatable bonds is 4.